The molecule has 2 heterocycles. The fraction of sp³-hybridized carbons (Fsp3) is 0.351. The van der Waals surface area contributed by atoms with Crippen LogP contribution in [0.1, 0.15) is 81.4 Å². The predicted molar refractivity (Wildman–Crippen MR) is 191 cm³/mol. The Kier molecular flexibility index (Phi) is 10.8. The number of aromatic nitrogens is 2. The number of amides is 1. The number of nitriles is 1. The lowest BCUT2D eigenvalue weighted by atomic mass is 9.77. The second-order valence-electron chi connectivity index (χ2n) is 12.0. The van der Waals surface area contributed by atoms with E-state index in [0.29, 0.717) is 39.8 Å². The van der Waals surface area contributed by atoms with E-state index in [0.717, 1.165) is 59.4 Å². The van der Waals surface area contributed by atoms with E-state index in [1.807, 2.05) is 49.4 Å². The minimum absolute atomic E-state index is 0.0719. The maximum absolute atomic E-state index is 13.4. The number of anilines is 1. The predicted octanol–water partition coefficient (Wildman–Crippen LogP) is 8.82. The number of allylic oxidation sites excluding steroid dienone is 2. The summed E-state index contributed by atoms with van der Waals surface area (Å²) < 4.78 is 7.25. The molecule has 9 heteroatoms. The van der Waals surface area contributed by atoms with Crippen molar-refractivity contribution in [2.75, 3.05) is 17.7 Å². The van der Waals surface area contributed by atoms with Crippen LogP contribution in [0.3, 0.4) is 0 Å². The van der Waals surface area contributed by atoms with Gasteiger partial charge in [0.15, 0.2) is 5.16 Å². The van der Waals surface area contributed by atoms with Crippen LogP contribution in [0.15, 0.2) is 70.1 Å². The van der Waals surface area contributed by atoms with Crippen LogP contribution < -0.4 is 15.6 Å². The van der Waals surface area contributed by atoms with Crippen LogP contribution in [0, 0.1) is 11.3 Å². The van der Waals surface area contributed by atoms with E-state index < -0.39 is 0 Å². The molecule has 0 radical (unpaired) electrons. The number of carbonyl (C=O) groups is 1. The maximum atomic E-state index is 13.4. The Morgan fingerprint density at radius 1 is 1.13 bits per heavy atom. The summed E-state index contributed by atoms with van der Waals surface area (Å²) in [7, 11) is 0. The Bertz CT molecular complexity index is 1880. The van der Waals surface area contributed by atoms with Crippen molar-refractivity contribution in [2.45, 2.75) is 76.9 Å². The van der Waals surface area contributed by atoms with Crippen LogP contribution in [0.4, 0.5) is 5.00 Å². The molecule has 5 rings (SSSR count). The summed E-state index contributed by atoms with van der Waals surface area (Å²) in [5.74, 6) is 0.678. The van der Waals surface area contributed by atoms with Crippen molar-refractivity contribution in [2.24, 2.45) is 0 Å². The van der Waals surface area contributed by atoms with Gasteiger partial charge in [-0.25, -0.2) is 4.98 Å². The van der Waals surface area contributed by atoms with Gasteiger partial charge in [0.2, 0.25) is 5.91 Å². The van der Waals surface area contributed by atoms with Gasteiger partial charge in [-0.15, -0.1) is 11.3 Å². The van der Waals surface area contributed by atoms with E-state index in [1.54, 1.807) is 10.6 Å². The lowest BCUT2D eigenvalue weighted by molar-refractivity contribution is -0.113. The number of fused-ring (bicyclic) bond motifs is 2. The van der Waals surface area contributed by atoms with Gasteiger partial charge < -0.3 is 10.1 Å². The van der Waals surface area contributed by atoms with Gasteiger partial charge in [0.1, 0.15) is 16.8 Å². The third kappa shape index (κ3) is 7.63. The van der Waals surface area contributed by atoms with Crippen molar-refractivity contribution in [1.82, 2.24) is 9.55 Å². The smallest absolute Gasteiger partial charge is 0.262 e. The van der Waals surface area contributed by atoms with Crippen molar-refractivity contribution in [3.05, 3.63) is 92.1 Å². The standard InChI is InChI=1S/C37H40N4O3S2/c1-5-7-8-11-20-41-35(43)28-12-9-10-13-31(28)39-36(41)45-24-32(42)40-34-30(23-38)29-21-26(22-37(3,4)33(29)46-34)15-14-25-16-18-27(19-17-25)44-6-2/h9-10,12-19,21H,5-8,11,20,22,24H2,1-4H3,(H,40,42). The molecule has 0 atom stereocenters. The molecule has 0 saturated heterocycles. The molecular formula is C37H40N4O3S2. The number of nitrogens with zero attached hydrogens (tertiary/aromatic N) is 3. The van der Waals surface area contributed by atoms with Crippen LogP contribution in [0.25, 0.3) is 23.1 Å². The van der Waals surface area contributed by atoms with Crippen LogP contribution in [-0.4, -0.2) is 27.8 Å². The van der Waals surface area contributed by atoms with Gasteiger partial charge >= 0.3 is 0 Å². The summed E-state index contributed by atoms with van der Waals surface area (Å²) in [6.07, 6.45) is 11.2. The molecule has 46 heavy (non-hydrogen) atoms. The largest absolute Gasteiger partial charge is 0.494 e. The first-order valence-electron chi connectivity index (χ1n) is 15.8. The fourth-order valence-electron chi connectivity index (χ4n) is 5.71. The van der Waals surface area contributed by atoms with Gasteiger partial charge in [-0.3, -0.25) is 14.2 Å². The van der Waals surface area contributed by atoms with Crippen molar-refractivity contribution in [3.8, 4) is 11.8 Å². The summed E-state index contributed by atoms with van der Waals surface area (Å²) in [5, 5.41) is 14.9. The van der Waals surface area contributed by atoms with Gasteiger partial charge in [0, 0.05) is 22.4 Å². The van der Waals surface area contributed by atoms with E-state index >= 15 is 0 Å². The van der Waals surface area contributed by atoms with E-state index in [4.69, 9.17) is 9.72 Å². The summed E-state index contributed by atoms with van der Waals surface area (Å²) in [6, 6.07) is 17.7. The molecule has 1 N–H and O–H groups in total. The van der Waals surface area contributed by atoms with Gasteiger partial charge in [-0.2, -0.15) is 5.26 Å². The Morgan fingerprint density at radius 3 is 2.65 bits per heavy atom. The zero-order chi connectivity index (χ0) is 32.7. The average molecular weight is 653 g/mol. The van der Waals surface area contributed by atoms with Crippen LogP contribution in [0.5, 0.6) is 5.75 Å². The van der Waals surface area contributed by atoms with E-state index in [-0.39, 0.29) is 22.6 Å². The minimum atomic E-state index is -0.238. The van der Waals surface area contributed by atoms with E-state index in [2.05, 4.69) is 50.4 Å². The lowest BCUT2D eigenvalue weighted by Gasteiger charge is -2.29. The topological polar surface area (TPSA) is 97.0 Å². The normalized spacial score (nSPS) is 13.8. The van der Waals surface area contributed by atoms with E-state index in [9.17, 15) is 14.9 Å². The number of benzene rings is 2. The number of thioether (sulfide) groups is 1. The molecule has 0 saturated carbocycles. The number of ether oxygens (including phenoxy) is 1. The van der Waals surface area contributed by atoms with Crippen LogP contribution in [-0.2, 0) is 16.8 Å². The highest BCUT2D eigenvalue weighted by molar-refractivity contribution is 7.99. The van der Waals surface area contributed by atoms with Crippen molar-refractivity contribution in [1.29, 1.82) is 5.26 Å². The third-order valence-corrected chi connectivity index (χ3v) is 10.4. The Hall–Kier alpha value is -4.13. The summed E-state index contributed by atoms with van der Waals surface area (Å²) in [6.45, 7) is 9.67. The Labute approximate surface area is 279 Å². The quantitative estimate of drug-likeness (QED) is 0.0881. The van der Waals surface area contributed by atoms with Gasteiger partial charge in [-0.1, -0.05) is 88.2 Å². The SMILES string of the molecule is CCCCCCn1c(SCC(=O)Nc2sc3c(c2C#N)C=C(C=Cc2ccc(OCC)cc2)CC3(C)C)nc2ccccc2c1=O. The molecule has 0 aliphatic heterocycles. The number of nitrogens with one attached hydrogen (secondary N) is 1. The molecule has 2 aromatic carbocycles. The molecule has 0 spiro atoms. The monoisotopic (exact) mass is 652 g/mol. The summed E-state index contributed by atoms with van der Waals surface area (Å²) >= 11 is 2.73. The number of rotatable bonds is 13. The van der Waals surface area contributed by atoms with Crippen LogP contribution in [0.2, 0.25) is 0 Å². The summed E-state index contributed by atoms with van der Waals surface area (Å²) in [5.41, 5.74) is 3.87. The first-order chi connectivity index (χ1) is 22.2. The molecule has 4 aromatic rings. The van der Waals surface area contributed by atoms with Crippen molar-refractivity contribution < 1.29 is 9.53 Å². The molecule has 7 nitrogen and oxygen atoms in total. The van der Waals surface area contributed by atoms with Gasteiger partial charge in [0.25, 0.3) is 5.56 Å². The van der Waals surface area contributed by atoms with Crippen molar-refractivity contribution >= 4 is 57.1 Å². The Balaban J connectivity index is 1.34. The highest BCUT2D eigenvalue weighted by atomic mass is 32.2. The average Bonchev–Trinajstić information content (AvgIpc) is 3.40. The van der Waals surface area contributed by atoms with E-state index in [1.165, 1.54) is 23.1 Å². The maximum Gasteiger partial charge on any atom is 0.262 e. The molecule has 2 aromatic heterocycles. The highest BCUT2D eigenvalue weighted by Gasteiger charge is 2.33. The Morgan fingerprint density at radius 2 is 1.91 bits per heavy atom. The van der Waals surface area contributed by atoms with Gasteiger partial charge in [-0.05, 0) is 61.2 Å². The second-order valence-corrected chi connectivity index (χ2v) is 14.0. The molecule has 0 unspecified atom stereocenters. The lowest BCUT2D eigenvalue weighted by Crippen LogP contribution is -2.24. The molecule has 1 aliphatic rings. The molecule has 1 aliphatic carbocycles. The van der Waals surface area contributed by atoms with Crippen LogP contribution >= 0.6 is 23.1 Å². The molecule has 238 valence electrons. The van der Waals surface area contributed by atoms with Crippen molar-refractivity contribution in [3.63, 3.8) is 0 Å². The van der Waals surface area contributed by atoms with Gasteiger partial charge in [0.05, 0.1) is 28.8 Å². The molecular weight excluding hydrogens is 613 g/mol. The third-order valence-electron chi connectivity index (χ3n) is 7.98. The first kappa shape index (κ1) is 33.2. The minimum Gasteiger partial charge on any atom is -0.494 e. The number of hydrogen-bond acceptors (Lipinski definition) is 7. The number of thiophene rings is 1. The number of hydrogen-bond donors (Lipinski definition) is 1. The fourth-order valence-corrected chi connectivity index (χ4v) is 7.78. The second kappa shape index (κ2) is 15.0. The number of unbranched alkanes of at least 4 members (excludes halogenated alkanes) is 3. The number of para-hydroxylation sites is 1. The zero-order valence-electron chi connectivity index (χ0n) is 26.9. The number of carbonyl (C=O) groups excluding carboxylic acids is 1. The zero-order valence-corrected chi connectivity index (χ0v) is 28.5. The summed E-state index contributed by atoms with van der Waals surface area (Å²) in [4.78, 5) is 32.5. The highest BCUT2D eigenvalue weighted by Crippen LogP contribution is 2.47. The molecule has 0 bridgehead atoms. The first-order valence-corrected chi connectivity index (χ1v) is 17.7. The molecule has 0 fully saturated rings. The molecule has 1 amide bonds.